The standard InChI is InChI=1S/C11H15BrN2OS/c12-9-3-4-11(16-9)14-10(15)6-8-2-1-5-13-7-8/h3-4,8,13H,1-2,5-7H2,(H,14,15). The third-order valence-electron chi connectivity index (χ3n) is 2.71. The van der Waals surface area contributed by atoms with Crippen LogP contribution in [-0.4, -0.2) is 19.0 Å². The van der Waals surface area contributed by atoms with Gasteiger partial charge in [-0.15, -0.1) is 11.3 Å². The molecule has 5 heteroatoms. The van der Waals surface area contributed by atoms with E-state index in [-0.39, 0.29) is 5.91 Å². The summed E-state index contributed by atoms with van der Waals surface area (Å²) in [6, 6.07) is 3.87. The van der Waals surface area contributed by atoms with E-state index in [1.807, 2.05) is 12.1 Å². The third kappa shape index (κ3) is 3.57. The summed E-state index contributed by atoms with van der Waals surface area (Å²) in [6.45, 7) is 2.07. The van der Waals surface area contributed by atoms with Gasteiger partial charge in [-0.2, -0.15) is 0 Å². The second kappa shape index (κ2) is 5.80. The summed E-state index contributed by atoms with van der Waals surface area (Å²) >= 11 is 4.92. The highest BCUT2D eigenvalue weighted by Gasteiger charge is 2.16. The lowest BCUT2D eigenvalue weighted by molar-refractivity contribution is -0.117. The fourth-order valence-corrected chi connectivity index (χ4v) is 3.23. The lowest BCUT2D eigenvalue weighted by Gasteiger charge is -2.21. The summed E-state index contributed by atoms with van der Waals surface area (Å²) in [6.07, 6.45) is 2.97. The first kappa shape index (κ1) is 12.1. The zero-order valence-electron chi connectivity index (χ0n) is 8.96. The summed E-state index contributed by atoms with van der Waals surface area (Å²) in [4.78, 5) is 11.7. The van der Waals surface area contributed by atoms with Gasteiger partial charge in [-0.1, -0.05) is 0 Å². The fraction of sp³-hybridized carbons (Fsp3) is 0.545. The van der Waals surface area contributed by atoms with E-state index in [4.69, 9.17) is 0 Å². The second-order valence-corrected chi connectivity index (χ2v) is 6.53. The molecule has 1 aromatic rings. The van der Waals surface area contributed by atoms with Crippen molar-refractivity contribution in [1.29, 1.82) is 0 Å². The lowest BCUT2D eigenvalue weighted by atomic mass is 9.96. The van der Waals surface area contributed by atoms with Crippen molar-refractivity contribution >= 4 is 38.2 Å². The molecule has 0 bridgehead atoms. The molecule has 1 aliphatic rings. The minimum absolute atomic E-state index is 0.128. The van der Waals surface area contributed by atoms with E-state index < -0.39 is 0 Å². The van der Waals surface area contributed by atoms with E-state index in [0.29, 0.717) is 12.3 Å². The average Bonchev–Trinajstić information content (AvgIpc) is 2.65. The topological polar surface area (TPSA) is 41.1 Å². The minimum Gasteiger partial charge on any atom is -0.318 e. The van der Waals surface area contributed by atoms with Crippen molar-refractivity contribution in [2.24, 2.45) is 5.92 Å². The maximum atomic E-state index is 11.7. The molecule has 1 saturated heterocycles. The number of halogens is 1. The van der Waals surface area contributed by atoms with Crippen molar-refractivity contribution < 1.29 is 4.79 Å². The summed E-state index contributed by atoms with van der Waals surface area (Å²) in [7, 11) is 0. The molecule has 1 amide bonds. The van der Waals surface area contributed by atoms with Crippen LogP contribution in [0.25, 0.3) is 0 Å². The van der Waals surface area contributed by atoms with E-state index >= 15 is 0 Å². The quantitative estimate of drug-likeness (QED) is 0.901. The van der Waals surface area contributed by atoms with Gasteiger partial charge >= 0.3 is 0 Å². The molecule has 2 rings (SSSR count). The Morgan fingerprint density at radius 2 is 2.50 bits per heavy atom. The van der Waals surface area contributed by atoms with Crippen molar-refractivity contribution in [3.05, 3.63) is 15.9 Å². The van der Waals surface area contributed by atoms with Crippen LogP contribution in [0.4, 0.5) is 5.00 Å². The van der Waals surface area contributed by atoms with Gasteiger partial charge in [0.05, 0.1) is 8.79 Å². The largest absolute Gasteiger partial charge is 0.318 e. The molecule has 3 nitrogen and oxygen atoms in total. The SMILES string of the molecule is O=C(CC1CCCNC1)Nc1ccc(Br)s1. The molecule has 1 aromatic heterocycles. The Hall–Kier alpha value is -0.390. The van der Waals surface area contributed by atoms with Gasteiger partial charge in [0.2, 0.25) is 5.91 Å². The molecule has 2 heterocycles. The molecule has 0 radical (unpaired) electrons. The molecule has 1 fully saturated rings. The number of nitrogens with one attached hydrogen (secondary N) is 2. The number of anilines is 1. The minimum atomic E-state index is 0.128. The molecule has 16 heavy (non-hydrogen) atoms. The molecule has 0 spiro atoms. The molecule has 88 valence electrons. The van der Waals surface area contributed by atoms with Crippen molar-refractivity contribution in [2.75, 3.05) is 18.4 Å². The number of thiophene rings is 1. The predicted molar refractivity (Wildman–Crippen MR) is 70.9 cm³/mol. The molecule has 1 aliphatic heterocycles. The Balaban J connectivity index is 1.79. The van der Waals surface area contributed by atoms with Crippen LogP contribution in [0, 0.1) is 5.92 Å². The van der Waals surface area contributed by atoms with Crippen molar-refractivity contribution in [1.82, 2.24) is 5.32 Å². The van der Waals surface area contributed by atoms with Crippen molar-refractivity contribution in [2.45, 2.75) is 19.3 Å². The maximum Gasteiger partial charge on any atom is 0.225 e. The molecule has 1 atom stereocenters. The number of amides is 1. The Kier molecular flexibility index (Phi) is 4.37. The van der Waals surface area contributed by atoms with E-state index in [1.165, 1.54) is 6.42 Å². The van der Waals surface area contributed by atoms with Gasteiger partial charge in [0.15, 0.2) is 0 Å². The van der Waals surface area contributed by atoms with Crippen LogP contribution in [0.5, 0.6) is 0 Å². The molecular formula is C11H15BrN2OS. The lowest BCUT2D eigenvalue weighted by Crippen LogP contribution is -2.32. The van der Waals surface area contributed by atoms with Crippen molar-refractivity contribution in [3.8, 4) is 0 Å². The normalized spacial score (nSPS) is 20.7. The Labute approximate surface area is 108 Å². The van der Waals surface area contributed by atoms with E-state index in [2.05, 4.69) is 26.6 Å². The van der Waals surface area contributed by atoms with Crippen LogP contribution in [0.2, 0.25) is 0 Å². The number of hydrogen-bond donors (Lipinski definition) is 2. The number of carbonyl (C=O) groups is 1. The predicted octanol–water partition coefficient (Wildman–Crippen LogP) is 2.84. The van der Waals surface area contributed by atoms with Crippen LogP contribution < -0.4 is 10.6 Å². The van der Waals surface area contributed by atoms with E-state index in [0.717, 1.165) is 28.3 Å². The zero-order valence-corrected chi connectivity index (χ0v) is 11.4. The summed E-state index contributed by atoms with van der Waals surface area (Å²) in [5, 5.41) is 7.17. The third-order valence-corrected chi connectivity index (χ3v) is 4.25. The average molecular weight is 303 g/mol. The maximum absolute atomic E-state index is 11.7. The second-order valence-electron chi connectivity index (χ2n) is 4.07. The summed E-state index contributed by atoms with van der Waals surface area (Å²) in [5.74, 6) is 0.625. The van der Waals surface area contributed by atoms with Gasteiger partial charge in [0, 0.05) is 6.42 Å². The number of rotatable bonds is 3. The van der Waals surface area contributed by atoms with Crippen LogP contribution in [0.1, 0.15) is 19.3 Å². The van der Waals surface area contributed by atoms with Crippen LogP contribution in [0.15, 0.2) is 15.9 Å². The molecule has 0 aliphatic carbocycles. The van der Waals surface area contributed by atoms with Gasteiger partial charge < -0.3 is 10.6 Å². The summed E-state index contributed by atoms with van der Waals surface area (Å²) in [5.41, 5.74) is 0. The first-order valence-electron chi connectivity index (χ1n) is 5.50. The zero-order chi connectivity index (χ0) is 11.4. The highest BCUT2D eigenvalue weighted by molar-refractivity contribution is 9.11. The molecule has 0 saturated carbocycles. The first-order chi connectivity index (χ1) is 7.74. The highest BCUT2D eigenvalue weighted by Crippen LogP contribution is 2.27. The van der Waals surface area contributed by atoms with Crippen LogP contribution in [0.3, 0.4) is 0 Å². The van der Waals surface area contributed by atoms with Crippen LogP contribution in [-0.2, 0) is 4.79 Å². The number of piperidine rings is 1. The van der Waals surface area contributed by atoms with E-state index in [1.54, 1.807) is 11.3 Å². The molecule has 0 aromatic carbocycles. The first-order valence-corrected chi connectivity index (χ1v) is 7.11. The van der Waals surface area contributed by atoms with Crippen molar-refractivity contribution in [3.63, 3.8) is 0 Å². The van der Waals surface area contributed by atoms with Gasteiger partial charge in [-0.25, -0.2) is 0 Å². The van der Waals surface area contributed by atoms with Crippen LogP contribution >= 0.6 is 27.3 Å². The van der Waals surface area contributed by atoms with Gasteiger partial charge in [0.1, 0.15) is 0 Å². The number of hydrogen-bond acceptors (Lipinski definition) is 3. The monoisotopic (exact) mass is 302 g/mol. The molecular weight excluding hydrogens is 288 g/mol. The molecule has 1 unspecified atom stereocenters. The highest BCUT2D eigenvalue weighted by atomic mass is 79.9. The van der Waals surface area contributed by atoms with Gasteiger partial charge in [-0.3, -0.25) is 4.79 Å². The fourth-order valence-electron chi connectivity index (χ4n) is 1.93. The Bertz CT molecular complexity index is 361. The molecule has 2 N–H and O–H groups in total. The number of carbonyl (C=O) groups excluding carboxylic acids is 1. The van der Waals surface area contributed by atoms with E-state index in [9.17, 15) is 4.79 Å². The smallest absolute Gasteiger partial charge is 0.225 e. The Morgan fingerprint density at radius 3 is 3.12 bits per heavy atom. The summed E-state index contributed by atoms with van der Waals surface area (Å²) < 4.78 is 1.04. The van der Waals surface area contributed by atoms with Gasteiger partial charge in [0.25, 0.3) is 0 Å². The Morgan fingerprint density at radius 1 is 1.62 bits per heavy atom. The van der Waals surface area contributed by atoms with Gasteiger partial charge in [-0.05, 0) is 59.9 Å².